The van der Waals surface area contributed by atoms with Crippen molar-refractivity contribution in [2.24, 2.45) is 0 Å². The van der Waals surface area contributed by atoms with Crippen LogP contribution in [0.5, 0.6) is 0 Å². The number of fused-ring (bicyclic) bond motifs is 2. The molecular formula is C16H12N4O. The molecule has 0 fully saturated rings. The molecule has 0 aliphatic carbocycles. The molecule has 0 saturated carbocycles. The summed E-state index contributed by atoms with van der Waals surface area (Å²) in [6.45, 7) is 0. The zero-order valence-corrected chi connectivity index (χ0v) is 11.1. The summed E-state index contributed by atoms with van der Waals surface area (Å²) in [4.78, 5) is 8.78. The van der Waals surface area contributed by atoms with E-state index >= 15 is 0 Å². The maximum absolute atomic E-state index is 5.75. The predicted octanol–water partition coefficient (Wildman–Crippen LogP) is 3.70. The molecule has 2 heterocycles. The van der Waals surface area contributed by atoms with E-state index in [2.05, 4.69) is 15.3 Å². The number of benzene rings is 2. The van der Waals surface area contributed by atoms with E-state index in [4.69, 9.17) is 10.2 Å². The molecule has 0 amide bonds. The van der Waals surface area contributed by atoms with Crippen LogP contribution in [0.25, 0.3) is 22.0 Å². The molecule has 0 aliphatic heterocycles. The van der Waals surface area contributed by atoms with Gasteiger partial charge in [0.1, 0.15) is 5.52 Å². The van der Waals surface area contributed by atoms with E-state index in [0.717, 1.165) is 22.1 Å². The van der Waals surface area contributed by atoms with Crippen molar-refractivity contribution in [3.63, 3.8) is 0 Å². The Balaban J connectivity index is 1.79. The Labute approximate surface area is 120 Å². The number of nitrogen functional groups attached to an aromatic ring is 1. The second kappa shape index (κ2) is 4.49. The van der Waals surface area contributed by atoms with Gasteiger partial charge in [-0.25, -0.2) is 0 Å². The van der Waals surface area contributed by atoms with Crippen LogP contribution in [0, 0.1) is 0 Å². The number of hydrogen-bond donors (Lipinski definition) is 2. The van der Waals surface area contributed by atoms with Gasteiger partial charge in [-0.05, 0) is 30.3 Å². The number of nitrogens with one attached hydrogen (secondary N) is 1. The molecule has 0 radical (unpaired) electrons. The zero-order chi connectivity index (χ0) is 14.2. The van der Waals surface area contributed by atoms with Crippen molar-refractivity contribution in [1.29, 1.82) is 0 Å². The standard InChI is InChI=1S/C16H12N4O/c17-11-6-7-14-13(9-11)20-16(21-14)19-12-5-1-3-10-4-2-8-18-15(10)12/h1-9H,17H2,(H,19,20). The Bertz CT molecular complexity index is 940. The number of oxazole rings is 1. The Morgan fingerprint density at radius 3 is 2.90 bits per heavy atom. The van der Waals surface area contributed by atoms with E-state index in [-0.39, 0.29) is 0 Å². The van der Waals surface area contributed by atoms with E-state index < -0.39 is 0 Å². The summed E-state index contributed by atoms with van der Waals surface area (Å²) < 4.78 is 5.67. The first-order valence-electron chi connectivity index (χ1n) is 6.56. The van der Waals surface area contributed by atoms with Crippen molar-refractivity contribution in [1.82, 2.24) is 9.97 Å². The molecule has 4 rings (SSSR count). The van der Waals surface area contributed by atoms with Crippen LogP contribution >= 0.6 is 0 Å². The molecule has 5 nitrogen and oxygen atoms in total. The topological polar surface area (TPSA) is 77.0 Å². The summed E-state index contributed by atoms with van der Waals surface area (Å²) in [5.41, 5.74) is 9.56. The molecule has 0 aliphatic rings. The average molecular weight is 276 g/mol. The molecule has 0 atom stereocenters. The third-order valence-electron chi connectivity index (χ3n) is 3.29. The lowest BCUT2D eigenvalue weighted by Gasteiger charge is -2.04. The predicted molar refractivity (Wildman–Crippen MR) is 83.4 cm³/mol. The molecule has 2 aromatic carbocycles. The largest absolute Gasteiger partial charge is 0.423 e. The Hall–Kier alpha value is -3.08. The van der Waals surface area contributed by atoms with Crippen LogP contribution in [-0.4, -0.2) is 9.97 Å². The number of hydrogen-bond acceptors (Lipinski definition) is 5. The van der Waals surface area contributed by atoms with Gasteiger partial charge in [-0.1, -0.05) is 18.2 Å². The number of aromatic nitrogens is 2. The summed E-state index contributed by atoms with van der Waals surface area (Å²) >= 11 is 0. The highest BCUT2D eigenvalue weighted by atomic mass is 16.4. The van der Waals surface area contributed by atoms with Crippen molar-refractivity contribution in [2.45, 2.75) is 0 Å². The summed E-state index contributed by atoms with van der Waals surface area (Å²) in [5, 5.41) is 4.23. The van der Waals surface area contributed by atoms with E-state index in [9.17, 15) is 0 Å². The normalized spacial score (nSPS) is 11.0. The monoisotopic (exact) mass is 276 g/mol. The molecule has 0 saturated heterocycles. The van der Waals surface area contributed by atoms with Gasteiger partial charge in [0.2, 0.25) is 0 Å². The third kappa shape index (κ3) is 2.04. The summed E-state index contributed by atoms with van der Waals surface area (Å²) in [6.07, 6.45) is 1.76. The molecule has 21 heavy (non-hydrogen) atoms. The van der Waals surface area contributed by atoms with E-state index in [1.165, 1.54) is 0 Å². The van der Waals surface area contributed by atoms with Crippen molar-refractivity contribution in [3.05, 3.63) is 54.7 Å². The first kappa shape index (κ1) is 11.7. The van der Waals surface area contributed by atoms with Gasteiger partial charge < -0.3 is 15.5 Å². The molecule has 0 unspecified atom stereocenters. The van der Waals surface area contributed by atoms with Gasteiger partial charge in [-0.2, -0.15) is 4.98 Å². The fourth-order valence-corrected chi connectivity index (χ4v) is 2.32. The minimum atomic E-state index is 0.425. The van der Waals surface area contributed by atoms with Crippen LogP contribution in [-0.2, 0) is 0 Å². The molecule has 0 bridgehead atoms. The van der Waals surface area contributed by atoms with Gasteiger partial charge in [0.25, 0.3) is 6.01 Å². The smallest absolute Gasteiger partial charge is 0.300 e. The lowest BCUT2D eigenvalue weighted by Crippen LogP contribution is -1.92. The Morgan fingerprint density at radius 2 is 1.95 bits per heavy atom. The van der Waals surface area contributed by atoms with Gasteiger partial charge in [0.15, 0.2) is 5.58 Å². The van der Waals surface area contributed by atoms with Crippen molar-refractivity contribution < 1.29 is 4.42 Å². The molecule has 5 heteroatoms. The Morgan fingerprint density at radius 1 is 1.05 bits per heavy atom. The van der Waals surface area contributed by atoms with E-state index in [1.54, 1.807) is 18.3 Å². The highest BCUT2D eigenvalue weighted by Crippen LogP contribution is 2.27. The molecule has 0 spiro atoms. The van der Waals surface area contributed by atoms with Crippen LogP contribution in [0.4, 0.5) is 17.4 Å². The van der Waals surface area contributed by atoms with E-state index in [0.29, 0.717) is 17.3 Å². The van der Waals surface area contributed by atoms with Gasteiger partial charge in [0, 0.05) is 17.3 Å². The number of anilines is 3. The number of para-hydroxylation sites is 1. The van der Waals surface area contributed by atoms with Gasteiger partial charge in [-0.15, -0.1) is 0 Å². The average Bonchev–Trinajstić information content (AvgIpc) is 2.89. The minimum Gasteiger partial charge on any atom is -0.423 e. The second-order valence-corrected chi connectivity index (χ2v) is 4.75. The minimum absolute atomic E-state index is 0.425. The van der Waals surface area contributed by atoms with Gasteiger partial charge in [0.05, 0.1) is 11.2 Å². The first-order chi connectivity index (χ1) is 10.3. The highest BCUT2D eigenvalue weighted by Gasteiger charge is 2.08. The SMILES string of the molecule is Nc1ccc2oc(Nc3cccc4cccnc34)nc2c1. The van der Waals surface area contributed by atoms with Crippen molar-refractivity contribution in [2.75, 3.05) is 11.1 Å². The van der Waals surface area contributed by atoms with Crippen LogP contribution in [0.1, 0.15) is 0 Å². The maximum atomic E-state index is 5.75. The summed E-state index contributed by atoms with van der Waals surface area (Å²) in [6, 6.07) is 15.7. The fraction of sp³-hybridized carbons (Fsp3) is 0. The molecule has 3 N–H and O–H groups in total. The van der Waals surface area contributed by atoms with Crippen molar-refractivity contribution in [3.8, 4) is 0 Å². The van der Waals surface area contributed by atoms with Crippen LogP contribution < -0.4 is 11.1 Å². The van der Waals surface area contributed by atoms with Gasteiger partial charge >= 0.3 is 0 Å². The zero-order valence-electron chi connectivity index (χ0n) is 11.1. The first-order valence-corrected chi connectivity index (χ1v) is 6.56. The summed E-state index contributed by atoms with van der Waals surface area (Å²) in [5.74, 6) is 0. The van der Waals surface area contributed by atoms with E-state index in [1.807, 2.05) is 36.4 Å². The third-order valence-corrected chi connectivity index (χ3v) is 3.29. The molecule has 4 aromatic rings. The van der Waals surface area contributed by atoms with Crippen LogP contribution in [0.3, 0.4) is 0 Å². The number of nitrogens with zero attached hydrogens (tertiary/aromatic N) is 2. The molecule has 102 valence electrons. The Kier molecular flexibility index (Phi) is 2.50. The van der Waals surface area contributed by atoms with Crippen molar-refractivity contribution >= 4 is 39.4 Å². The second-order valence-electron chi connectivity index (χ2n) is 4.75. The lowest BCUT2D eigenvalue weighted by atomic mass is 10.2. The van der Waals surface area contributed by atoms with Gasteiger partial charge in [-0.3, -0.25) is 4.98 Å². The molecular weight excluding hydrogens is 264 g/mol. The quantitative estimate of drug-likeness (QED) is 0.546. The number of nitrogens with two attached hydrogens (primary N) is 1. The lowest BCUT2D eigenvalue weighted by molar-refractivity contribution is 0.623. The highest BCUT2D eigenvalue weighted by molar-refractivity contribution is 5.91. The molecule has 2 aromatic heterocycles. The maximum Gasteiger partial charge on any atom is 0.300 e. The number of pyridine rings is 1. The van der Waals surface area contributed by atoms with Crippen LogP contribution in [0.2, 0.25) is 0 Å². The van der Waals surface area contributed by atoms with Crippen LogP contribution in [0.15, 0.2) is 59.1 Å². The fourth-order valence-electron chi connectivity index (χ4n) is 2.32. The number of rotatable bonds is 2. The summed E-state index contributed by atoms with van der Waals surface area (Å²) in [7, 11) is 0.